The minimum Gasteiger partial charge on any atom is -0.378 e. The molecular formula is C42H89FO2. The Labute approximate surface area is 286 Å². The number of hydrogen-bond acceptors (Lipinski definition) is 2. The predicted octanol–water partition coefficient (Wildman–Crippen LogP) is 14.7. The van der Waals surface area contributed by atoms with E-state index in [1.165, 1.54) is 89.9 Å². The van der Waals surface area contributed by atoms with Gasteiger partial charge < -0.3 is 9.47 Å². The van der Waals surface area contributed by atoms with Crippen molar-refractivity contribution in [3.05, 3.63) is 23.3 Å². The summed E-state index contributed by atoms with van der Waals surface area (Å²) in [5, 5.41) is 0. The van der Waals surface area contributed by atoms with Gasteiger partial charge in [-0.1, -0.05) is 120 Å². The molecule has 0 bridgehead atoms. The van der Waals surface area contributed by atoms with Crippen molar-refractivity contribution in [3.8, 4) is 0 Å². The second kappa shape index (κ2) is 31.9. The molecular weight excluding hydrogens is 555 g/mol. The third kappa shape index (κ3) is 30.4. The largest absolute Gasteiger partial charge is 0.378 e. The predicted molar refractivity (Wildman–Crippen MR) is 207 cm³/mol. The number of rotatable bonds is 0. The summed E-state index contributed by atoms with van der Waals surface area (Å²) in [5.41, 5.74) is 3.17. The highest BCUT2D eigenvalue weighted by Crippen LogP contribution is 2.27. The highest BCUT2D eigenvalue weighted by molar-refractivity contribution is 5.02. The Hall–Kier alpha value is -0.670. The number of halogens is 1. The molecule has 6 atom stereocenters. The standard InChI is InChI=1S/C8H16.2C8H14.2C7H14O.4CH4.FH/c3*1-7-3-5-8(2)6-4-7;2*1-6-3-4-7(2)8-5-6;;;;;/h7-8H,3-6H2,1-2H3;2*3,8H,4-6H2,1-2H3;2*6-7H,3-5H2,1-2H3;4*1H4;1H. The first kappa shape index (κ1) is 53.8. The van der Waals surface area contributed by atoms with Crippen LogP contribution in [0, 0.1) is 35.5 Å². The van der Waals surface area contributed by atoms with Crippen molar-refractivity contribution < 1.29 is 14.2 Å². The molecule has 2 heterocycles. The molecule has 3 fully saturated rings. The maximum absolute atomic E-state index is 5.39. The summed E-state index contributed by atoms with van der Waals surface area (Å²) in [6.45, 7) is 24.6. The van der Waals surface area contributed by atoms with Crippen LogP contribution in [0.1, 0.15) is 189 Å². The van der Waals surface area contributed by atoms with Gasteiger partial charge in [0.1, 0.15) is 0 Å². The van der Waals surface area contributed by atoms with E-state index < -0.39 is 0 Å². The molecule has 2 nitrogen and oxygen atoms in total. The molecule has 1 saturated carbocycles. The van der Waals surface area contributed by atoms with E-state index in [-0.39, 0.29) is 34.4 Å². The monoisotopic (exact) mass is 645 g/mol. The first-order chi connectivity index (χ1) is 18.9. The molecule has 2 saturated heterocycles. The van der Waals surface area contributed by atoms with Gasteiger partial charge in [0.05, 0.1) is 12.2 Å². The molecule has 276 valence electrons. The van der Waals surface area contributed by atoms with Crippen LogP contribution in [-0.2, 0) is 9.47 Å². The van der Waals surface area contributed by atoms with Crippen LogP contribution in [0.3, 0.4) is 0 Å². The van der Waals surface area contributed by atoms with Crippen molar-refractivity contribution in [2.45, 2.75) is 201 Å². The van der Waals surface area contributed by atoms with E-state index in [1.54, 1.807) is 11.1 Å². The molecule has 5 aliphatic rings. The average molecular weight is 645 g/mol. The summed E-state index contributed by atoms with van der Waals surface area (Å²) in [5.74, 6) is 5.52. The van der Waals surface area contributed by atoms with Crippen molar-refractivity contribution >= 4 is 0 Å². The van der Waals surface area contributed by atoms with Gasteiger partial charge in [0.15, 0.2) is 0 Å². The zero-order chi connectivity index (χ0) is 29.9. The number of allylic oxidation sites excluding steroid dienone is 4. The van der Waals surface area contributed by atoms with Crippen LogP contribution in [0.25, 0.3) is 0 Å². The molecule has 0 aromatic rings. The van der Waals surface area contributed by atoms with E-state index in [2.05, 4.69) is 81.4 Å². The van der Waals surface area contributed by atoms with Crippen molar-refractivity contribution in [1.29, 1.82) is 0 Å². The fraction of sp³-hybridized carbons (Fsp3) is 0.905. The molecule has 0 radical (unpaired) electrons. The van der Waals surface area contributed by atoms with Crippen molar-refractivity contribution in [3.63, 3.8) is 0 Å². The third-order valence-corrected chi connectivity index (χ3v) is 9.57. The van der Waals surface area contributed by atoms with Gasteiger partial charge in [0.2, 0.25) is 0 Å². The van der Waals surface area contributed by atoms with Crippen LogP contribution in [0.2, 0.25) is 0 Å². The molecule has 2 aliphatic heterocycles. The van der Waals surface area contributed by atoms with Crippen LogP contribution in [-0.4, -0.2) is 25.4 Å². The maximum Gasteiger partial charge on any atom is 0.0547 e. The summed E-state index contributed by atoms with van der Waals surface area (Å²) >= 11 is 0. The molecule has 6 unspecified atom stereocenters. The quantitative estimate of drug-likeness (QED) is 0.244. The minimum absolute atomic E-state index is 0. The van der Waals surface area contributed by atoms with Crippen LogP contribution in [0.5, 0.6) is 0 Å². The maximum atomic E-state index is 5.39. The lowest BCUT2D eigenvalue weighted by Gasteiger charge is -2.23. The van der Waals surface area contributed by atoms with Crippen LogP contribution in [0.4, 0.5) is 4.70 Å². The fourth-order valence-electron chi connectivity index (χ4n) is 5.65. The molecule has 45 heavy (non-hydrogen) atoms. The summed E-state index contributed by atoms with van der Waals surface area (Å²) < 4.78 is 10.8. The smallest absolute Gasteiger partial charge is 0.0547 e. The van der Waals surface area contributed by atoms with Gasteiger partial charge >= 0.3 is 0 Å². The Morgan fingerprint density at radius 2 is 0.711 bits per heavy atom. The zero-order valence-corrected chi connectivity index (χ0v) is 29.3. The lowest BCUT2D eigenvalue weighted by atomic mass is 9.84. The Morgan fingerprint density at radius 1 is 0.422 bits per heavy atom. The first-order valence-electron chi connectivity index (χ1n) is 17.5. The zero-order valence-electron chi connectivity index (χ0n) is 29.3. The molecule has 3 aliphatic carbocycles. The average Bonchev–Trinajstić information content (AvgIpc) is 2.94. The van der Waals surface area contributed by atoms with Crippen molar-refractivity contribution in [2.24, 2.45) is 35.5 Å². The molecule has 0 amide bonds. The fourth-order valence-corrected chi connectivity index (χ4v) is 5.65. The first-order valence-corrected chi connectivity index (χ1v) is 17.5. The molecule has 0 N–H and O–H groups in total. The molecule has 0 spiro atoms. The van der Waals surface area contributed by atoms with Gasteiger partial charge in [0, 0.05) is 13.2 Å². The van der Waals surface area contributed by atoms with Crippen LogP contribution >= 0.6 is 0 Å². The topological polar surface area (TPSA) is 18.5 Å². The summed E-state index contributed by atoms with van der Waals surface area (Å²) in [6, 6.07) is 0. The number of ether oxygens (including phenoxy) is 2. The van der Waals surface area contributed by atoms with E-state index in [4.69, 9.17) is 9.47 Å². The van der Waals surface area contributed by atoms with E-state index in [9.17, 15) is 0 Å². The molecule has 5 rings (SSSR count). The third-order valence-electron chi connectivity index (χ3n) is 9.57. The Bertz CT molecular complexity index is 557. The van der Waals surface area contributed by atoms with Gasteiger partial charge in [-0.2, -0.15) is 0 Å². The van der Waals surface area contributed by atoms with E-state index in [0.717, 1.165) is 48.7 Å². The van der Waals surface area contributed by atoms with Gasteiger partial charge in [-0.05, 0) is 127 Å². The Morgan fingerprint density at radius 3 is 0.889 bits per heavy atom. The summed E-state index contributed by atoms with van der Waals surface area (Å²) in [7, 11) is 0. The Kier molecular flexibility index (Phi) is 38.1. The minimum atomic E-state index is 0. The lowest BCUT2D eigenvalue weighted by Crippen LogP contribution is -2.21. The van der Waals surface area contributed by atoms with Gasteiger partial charge in [-0.15, -0.1) is 0 Å². The van der Waals surface area contributed by atoms with E-state index in [0.29, 0.717) is 12.2 Å². The lowest BCUT2D eigenvalue weighted by molar-refractivity contribution is 0.000174. The molecule has 0 aromatic heterocycles. The summed E-state index contributed by atoms with van der Waals surface area (Å²) in [4.78, 5) is 0. The molecule has 0 aromatic carbocycles. The summed E-state index contributed by atoms with van der Waals surface area (Å²) in [6.07, 6.45) is 25.0. The van der Waals surface area contributed by atoms with Crippen LogP contribution in [0.15, 0.2) is 23.3 Å². The van der Waals surface area contributed by atoms with E-state index in [1.807, 2.05) is 0 Å². The highest BCUT2D eigenvalue weighted by Gasteiger charge is 2.15. The second-order valence-electron chi connectivity index (χ2n) is 14.9. The van der Waals surface area contributed by atoms with Crippen molar-refractivity contribution in [1.82, 2.24) is 0 Å². The highest BCUT2D eigenvalue weighted by atomic mass is 19.0. The Balaban J connectivity index is -0.000000144. The van der Waals surface area contributed by atoms with Crippen LogP contribution < -0.4 is 0 Å². The van der Waals surface area contributed by atoms with Gasteiger partial charge in [-0.25, -0.2) is 0 Å². The van der Waals surface area contributed by atoms with Gasteiger partial charge in [-0.3, -0.25) is 4.70 Å². The van der Waals surface area contributed by atoms with E-state index >= 15 is 0 Å². The van der Waals surface area contributed by atoms with Crippen molar-refractivity contribution in [2.75, 3.05) is 13.2 Å². The second-order valence-corrected chi connectivity index (χ2v) is 14.9. The van der Waals surface area contributed by atoms with Gasteiger partial charge in [0.25, 0.3) is 0 Å². The SMILES string of the molecule is C.C.C.C.CC1=CCC(C)CC1.CC1=CCC(C)CC1.CC1CCC(C)CC1.CC1CCC(C)OC1.CC1CCC(C)OC1.F. The number of hydrogen-bond donors (Lipinski definition) is 0. The molecule has 3 heteroatoms. The normalized spacial score (nSPS) is 31.8.